The number of carbonyl (C=O) groups excluding carboxylic acids is 1. The lowest BCUT2D eigenvalue weighted by Crippen LogP contribution is -2.36. The van der Waals surface area contributed by atoms with Crippen LogP contribution in [-0.2, 0) is 11.3 Å². The Morgan fingerprint density at radius 1 is 1.53 bits per heavy atom. The average molecular weight is 210 g/mol. The topological polar surface area (TPSA) is 44.1 Å². The second-order valence-corrected chi connectivity index (χ2v) is 3.81. The molecule has 1 aromatic heterocycles. The van der Waals surface area contributed by atoms with Crippen molar-refractivity contribution < 1.29 is 9.53 Å². The van der Waals surface area contributed by atoms with Gasteiger partial charge in [-0.1, -0.05) is 0 Å². The first-order chi connectivity index (χ1) is 7.03. The van der Waals surface area contributed by atoms with Gasteiger partial charge in [-0.25, -0.2) is 4.98 Å². The van der Waals surface area contributed by atoms with E-state index in [1.54, 1.807) is 26.2 Å². The summed E-state index contributed by atoms with van der Waals surface area (Å²) in [4.78, 5) is 16.2. The van der Waals surface area contributed by atoms with Gasteiger partial charge in [0, 0.05) is 25.5 Å². The van der Waals surface area contributed by atoms with Crippen LogP contribution in [0.3, 0.4) is 0 Å². The summed E-state index contributed by atoms with van der Waals surface area (Å²) in [7, 11) is 0. The minimum atomic E-state index is -0.799. The second kappa shape index (κ2) is 4.57. The third-order valence-corrected chi connectivity index (χ3v) is 2.31. The van der Waals surface area contributed by atoms with E-state index in [4.69, 9.17) is 4.74 Å². The van der Waals surface area contributed by atoms with Crippen LogP contribution in [0, 0.1) is 0 Å². The number of ether oxygens (including phenoxy) is 1. The van der Waals surface area contributed by atoms with Gasteiger partial charge in [-0.3, -0.25) is 4.79 Å². The molecule has 0 radical (unpaired) electrons. The van der Waals surface area contributed by atoms with Gasteiger partial charge in [0.1, 0.15) is 5.60 Å². The van der Waals surface area contributed by atoms with E-state index in [0.29, 0.717) is 12.4 Å². The molecule has 0 unspecified atom stereocenters. The summed E-state index contributed by atoms with van der Waals surface area (Å²) in [6.07, 6.45) is 3.44. The summed E-state index contributed by atoms with van der Waals surface area (Å²) in [6.45, 7) is 8.66. The van der Waals surface area contributed by atoms with Crippen LogP contribution in [0.25, 0.3) is 0 Å². The molecule has 0 aromatic carbocycles. The maximum absolute atomic E-state index is 12.1. The van der Waals surface area contributed by atoms with Crippen molar-refractivity contribution in [2.24, 2.45) is 0 Å². The van der Waals surface area contributed by atoms with Crippen LogP contribution < -0.4 is 0 Å². The Balaban J connectivity index is 2.93. The van der Waals surface area contributed by atoms with Crippen molar-refractivity contribution in [3.8, 4) is 0 Å². The molecule has 0 saturated carbocycles. The van der Waals surface area contributed by atoms with Crippen molar-refractivity contribution in [2.75, 3.05) is 6.61 Å². The monoisotopic (exact) mass is 210 g/mol. The van der Waals surface area contributed by atoms with Crippen LogP contribution in [0.1, 0.15) is 38.3 Å². The number of hydrogen-bond donors (Lipinski definition) is 0. The number of aromatic nitrogens is 2. The quantitative estimate of drug-likeness (QED) is 0.697. The van der Waals surface area contributed by atoms with Gasteiger partial charge in [0.2, 0.25) is 5.78 Å². The number of aryl methyl sites for hydroxylation is 1. The first-order valence-electron chi connectivity index (χ1n) is 5.22. The van der Waals surface area contributed by atoms with Crippen LogP contribution in [0.2, 0.25) is 0 Å². The van der Waals surface area contributed by atoms with Gasteiger partial charge < -0.3 is 9.30 Å². The van der Waals surface area contributed by atoms with E-state index in [2.05, 4.69) is 4.98 Å². The Hall–Kier alpha value is -1.16. The van der Waals surface area contributed by atoms with Crippen LogP contribution in [-0.4, -0.2) is 27.5 Å². The van der Waals surface area contributed by atoms with Crippen molar-refractivity contribution >= 4 is 5.78 Å². The molecule has 0 saturated heterocycles. The smallest absolute Gasteiger partial charge is 0.229 e. The fraction of sp³-hybridized carbons (Fsp3) is 0.636. The lowest BCUT2D eigenvalue weighted by Gasteiger charge is -2.22. The van der Waals surface area contributed by atoms with E-state index in [0.717, 1.165) is 6.54 Å². The number of imidazole rings is 1. The molecule has 4 nitrogen and oxygen atoms in total. The van der Waals surface area contributed by atoms with Crippen LogP contribution in [0.4, 0.5) is 0 Å². The second-order valence-electron chi connectivity index (χ2n) is 3.81. The Morgan fingerprint density at radius 3 is 2.73 bits per heavy atom. The van der Waals surface area contributed by atoms with Gasteiger partial charge in [-0.2, -0.15) is 0 Å². The zero-order valence-corrected chi connectivity index (χ0v) is 9.78. The zero-order chi connectivity index (χ0) is 11.5. The van der Waals surface area contributed by atoms with Crippen molar-refractivity contribution in [1.29, 1.82) is 0 Å². The Bertz CT molecular complexity index is 342. The van der Waals surface area contributed by atoms with Gasteiger partial charge in [0.25, 0.3) is 0 Å². The summed E-state index contributed by atoms with van der Waals surface area (Å²) in [5, 5.41) is 0. The third-order valence-electron chi connectivity index (χ3n) is 2.31. The minimum Gasteiger partial charge on any atom is -0.368 e. The minimum absolute atomic E-state index is 0.0730. The number of rotatable bonds is 5. The molecule has 0 bridgehead atoms. The average Bonchev–Trinajstić information content (AvgIpc) is 2.63. The van der Waals surface area contributed by atoms with Crippen molar-refractivity contribution in [3.05, 3.63) is 18.2 Å². The predicted molar refractivity (Wildman–Crippen MR) is 57.9 cm³/mol. The molecule has 0 fully saturated rings. The Morgan fingerprint density at radius 2 is 2.20 bits per heavy atom. The predicted octanol–water partition coefficient (Wildman–Crippen LogP) is 1.90. The highest BCUT2D eigenvalue weighted by molar-refractivity contribution is 5.99. The molecular formula is C11H18N2O2. The van der Waals surface area contributed by atoms with E-state index in [9.17, 15) is 4.79 Å². The lowest BCUT2D eigenvalue weighted by atomic mass is 10.0. The van der Waals surface area contributed by atoms with E-state index >= 15 is 0 Å². The fourth-order valence-electron chi connectivity index (χ4n) is 1.47. The van der Waals surface area contributed by atoms with Gasteiger partial charge in [-0.05, 0) is 27.7 Å². The van der Waals surface area contributed by atoms with E-state index in [1.165, 1.54) is 0 Å². The maximum atomic E-state index is 12.1. The molecule has 0 spiro atoms. The number of Topliss-reactive ketones (excluding diaryl/α,β-unsaturated/α-hetero) is 1. The zero-order valence-electron chi connectivity index (χ0n) is 9.78. The summed E-state index contributed by atoms with van der Waals surface area (Å²) in [5.74, 6) is 0.396. The lowest BCUT2D eigenvalue weighted by molar-refractivity contribution is 0.000163. The van der Waals surface area contributed by atoms with Crippen molar-refractivity contribution in [3.63, 3.8) is 0 Å². The number of nitrogens with zero attached hydrogens (tertiary/aromatic N) is 2. The molecule has 0 aliphatic rings. The summed E-state index contributed by atoms with van der Waals surface area (Å²) in [6, 6.07) is 0. The summed E-state index contributed by atoms with van der Waals surface area (Å²) >= 11 is 0. The van der Waals surface area contributed by atoms with Gasteiger partial charge in [0.05, 0.1) is 0 Å². The molecule has 1 heterocycles. The van der Waals surface area contributed by atoms with Crippen molar-refractivity contribution in [1.82, 2.24) is 9.55 Å². The Kier molecular flexibility index (Phi) is 3.63. The number of ketones is 1. The third kappa shape index (κ3) is 2.45. The molecular weight excluding hydrogens is 192 g/mol. The molecule has 0 aliphatic carbocycles. The molecule has 0 amide bonds. The highest BCUT2D eigenvalue weighted by Gasteiger charge is 2.31. The van der Waals surface area contributed by atoms with E-state index < -0.39 is 5.60 Å². The molecule has 0 atom stereocenters. The molecule has 15 heavy (non-hydrogen) atoms. The molecule has 1 aromatic rings. The number of carbonyl (C=O) groups is 1. The first-order valence-corrected chi connectivity index (χ1v) is 5.22. The summed E-state index contributed by atoms with van der Waals surface area (Å²) in [5.41, 5.74) is -0.799. The fourth-order valence-corrected chi connectivity index (χ4v) is 1.47. The van der Waals surface area contributed by atoms with Gasteiger partial charge in [0.15, 0.2) is 5.82 Å². The molecule has 4 heteroatoms. The molecule has 0 aliphatic heterocycles. The summed E-state index contributed by atoms with van der Waals surface area (Å²) < 4.78 is 7.23. The first kappa shape index (κ1) is 11.9. The van der Waals surface area contributed by atoms with Crippen LogP contribution >= 0.6 is 0 Å². The van der Waals surface area contributed by atoms with Gasteiger partial charge in [-0.15, -0.1) is 0 Å². The maximum Gasteiger partial charge on any atom is 0.229 e. The molecule has 0 N–H and O–H groups in total. The van der Waals surface area contributed by atoms with E-state index in [-0.39, 0.29) is 5.78 Å². The SMILES string of the molecule is CCOC(C)(C)C(=O)c1nccn1CC. The van der Waals surface area contributed by atoms with E-state index in [1.807, 2.05) is 18.4 Å². The number of hydrogen-bond acceptors (Lipinski definition) is 3. The standard InChI is InChI=1S/C11H18N2O2/c1-5-13-8-7-12-10(13)9(14)11(3,4)15-6-2/h7-8H,5-6H2,1-4H3. The van der Waals surface area contributed by atoms with Gasteiger partial charge >= 0.3 is 0 Å². The normalized spacial score (nSPS) is 11.7. The Labute approximate surface area is 90.3 Å². The highest BCUT2D eigenvalue weighted by Crippen LogP contribution is 2.16. The molecule has 1 rings (SSSR count). The largest absolute Gasteiger partial charge is 0.368 e. The highest BCUT2D eigenvalue weighted by atomic mass is 16.5. The van der Waals surface area contributed by atoms with Crippen LogP contribution in [0.15, 0.2) is 12.4 Å². The van der Waals surface area contributed by atoms with Crippen LogP contribution in [0.5, 0.6) is 0 Å². The molecule has 84 valence electrons. The van der Waals surface area contributed by atoms with Crippen molar-refractivity contribution in [2.45, 2.75) is 39.8 Å².